The number of nitrogens with zero attached hydrogens (tertiary/aromatic N) is 1. The topological polar surface area (TPSA) is 75.4 Å². The molecule has 1 amide bonds. The number of benzene rings is 1. The van der Waals surface area contributed by atoms with Crippen molar-refractivity contribution >= 4 is 17.7 Å². The first kappa shape index (κ1) is 15.6. The molecular formula is C15H18N2O3S. The summed E-state index contributed by atoms with van der Waals surface area (Å²) in [6.45, 7) is 0.781. The Morgan fingerprint density at radius 3 is 2.86 bits per heavy atom. The van der Waals surface area contributed by atoms with E-state index in [1.807, 2.05) is 30.3 Å². The Morgan fingerprint density at radius 2 is 2.10 bits per heavy atom. The minimum atomic E-state index is -0.233. The molecule has 0 unspecified atom stereocenters. The van der Waals surface area contributed by atoms with Crippen LogP contribution in [0.4, 0.5) is 0 Å². The summed E-state index contributed by atoms with van der Waals surface area (Å²) in [5.41, 5.74) is 1.18. The zero-order valence-electron chi connectivity index (χ0n) is 11.6. The molecule has 0 saturated heterocycles. The molecule has 21 heavy (non-hydrogen) atoms. The van der Waals surface area contributed by atoms with E-state index in [1.54, 1.807) is 17.8 Å². The summed E-state index contributed by atoms with van der Waals surface area (Å²) in [6.07, 6.45) is 0.780. The number of hydrogen-bond acceptors (Lipinski definition) is 5. The first-order valence-corrected chi connectivity index (χ1v) is 7.95. The summed E-state index contributed by atoms with van der Waals surface area (Å²) in [6, 6.07) is 11.2. The van der Waals surface area contributed by atoms with Gasteiger partial charge in [-0.1, -0.05) is 35.5 Å². The highest BCUT2D eigenvalue weighted by Crippen LogP contribution is 2.19. The number of aromatic nitrogens is 1. The molecule has 6 heteroatoms. The molecule has 1 heterocycles. The van der Waals surface area contributed by atoms with Gasteiger partial charge < -0.3 is 14.9 Å². The molecule has 0 aliphatic heterocycles. The Kier molecular flexibility index (Phi) is 6.30. The van der Waals surface area contributed by atoms with E-state index < -0.39 is 0 Å². The second-order valence-electron chi connectivity index (χ2n) is 4.39. The number of aliphatic hydroxyl groups excluding tert-OH is 1. The van der Waals surface area contributed by atoms with E-state index in [1.165, 1.54) is 0 Å². The van der Waals surface area contributed by atoms with Crippen molar-refractivity contribution in [2.45, 2.75) is 6.42 Å². The van der Waals surface area contributed by atoms with Gasteiger partial charge in [-0.05, 0) is 12.2 Å². The van der Waals surface area contributed by atoms with E-state index in [4.69, 9.17) is 9.63 Å². The van der Waals surface area contributed by atoms with Crippen molar-refractivity contribution in [3.8, 4) is 11.3 Å². The van der Waals surface area contributed by atoms with Gasteiger partial charge in [0.1, 0.15) is 0 Å². The van der Waals surface area contributed by atoms with E-state index in [2.05, 4.69) is 10.5 Å². The molecule has 0 aliphatic carbocycles. The first-order valence-electron chi connectivity index (χ1n) is 6.80. The highest BCUT2D eigenvalue weighted by molar-refractivity contribution is 7.99. The third kappa shape index (κ3) is 4.91. The zero-order chi connectivity index (χ0) is 14.9. The molecule has 0 spiro atoms. The fourth-order valence-corrected chi connectivity index (χ4v) is 2.50. The number of rotatable bonds is 8. The molecule has 1 aromatic carbocycles. The van der Waals surface area contributed by atoms with Crippen molar-refractivity contribution < 1.29 is 14.4 Å². The molecule has 1 aromatic heterocycles. The quantitative estimate of drug-likeness (QED) is 0.731. The highest BCUT2D eigenvalue weighted by Gasteiger charge is 2.12. The summed E-state index contributed by atoms with van der Waals surface area (Å²) in [4.78, 5) is 11.9. The van der Waals surface area contributed by atoms with Gasteiger partial charge in [-0.2, -0.15) is 11.8 Å². The van der Waals surface area contributed by atoms with Crippen LogP contribution in [-0.4, -0.2) is 40.8 Å². The third-order valence-electron chi connectivity index (χ3n) is 2.78. The fourth-order valence-electron chi connectivity index (χ4n) is 1.72. The smallest absolute Gasteiger partial charge is 0.273 e. The van der Waals surface area contributed by atoms with Crippen LogP contribution in [0.15, 0.2) is 40.9 Å². The normalized spacial score (nSPS) is 10.5. The van der Waals surface area contributed by atoms with Gasteiger partial charge in [-0.15, -0.1) is 0 Å². The largest absolute Gasteiger partial charge is 0.396 e. The van der Waals surface area contributed by atoms with Crippen LogP contribution in [0, 0.1) is 0 Å². The predicted octanol–water partition coefficient (Wildman–Crippen LogP) is 2.19. The number of aliphatic hydroxyl groups is 1. The lowest BCUT2D eigenvalue weighted by Crippen LogP contribution is -2.26. The predicted molar refractivity (Wildman–Crippen MR) is 83.3 cm³/mol. The Bertz CT molecular complexity index is 557. The molecule has 2 aromatic rings. The van der Waals surface area contributed by atoms with Crippen molar-refractivity contribution in [2.24, 2.45) is 0 Å². The summed E-state index contributed by atoms with van der Waals surface area (Å²) < 4.78 is 5.19. The lowest BCUT2D eigenvalue weighted by molar-refractivity contribution is 0.0947. The summed E-state index contributed by atoms with van der Waals surface area (Å²) in [5, 5.41) is 15.2. The van der Waals surface area contributed by atoms with Crippen LogP contribution >= 0.6 is 11.8 Å². The summed E-state index contributed by atoms with van der Waals surface area (Å²) in [7, 11) is 0. The molecule has 0 atom stereocenters. The molecular weight excluding hydrogens is 288 g/mol. The molecule has 0 fully saturated rings. The van der Waals surface area contributed by atoms with Crippen LogP contribution < -0.4 is 5.32 Å². The molecule has 2 N–H and O–H groups in total. The van der Waals surface area contributed by atoms with Crippen molar-refractivity contribution in [3.63, 3.8) is 0 Å². The van der Waals surface area contributed by atoms with E-state index in [0.29, 0.717) is 12.3 Å². The molecule has 0 saturated carbocycles. The molecule has 112 valence electrons. The molecule has 0 aliphatic rings. The lowest BCUT2D eigenvalue weighted by atomic mass is 10.1. The molecule has 2 rings (SSSR count). The Morgan fingerprint density at radius 1 is 1.29 bits per heavy atom. The maximum Gasteiger partial charge on any atom is 0.273 e. The summed E-state index contributed by atoms with van der Waals surface area (Å²) >= 11 is 1.70. The number of hydrogen-bond donors (Lipinski definition) is 2. The van der Waals surface area contributed by atoms with Crippen LogP contribution in [-0.2, 0) is 0 Å². The van der Waals surface area contributed by atoms with Gasteiger partial charge in [0.2, 0.25) is 0 Å². The van der Waals surface area contributed by atoms with Crippen LogP contribution in [0.3, 0.4) is 0 Å². The monoisotopic (exact) mass is 306 g/mol. The number of carbonyl (C=O) groups excluding carboxylic acids is 1. The number of nitrogens with one attached hydrogen (secondary N) is 1. The van der Waals surface area contributed by atoms with Gasteiger partial charge in [-0.3, -0.25) is 4.79 Å². The molecule has 5 nitrogen and oxygen atoms in total. The van der Waals surface area contributed by atoms with E-state index >= 15 is 0 Å². The number of amides is 1. The average Bonchev–Trinajstić information content (AvgIpc) is 3.01. The van der Waals surface area contributed by atoms with Gasteiger partial charge >= 0.3 is 0 Å². The van der Waals surface area contributed by atoms with Crippen LogP contribution in [0.1, 0.15) is 16.9 Å². The molecule has 0 radical (unpaired) electrons. The number of carbonyl (C=O) groups is 1. The average molecular weight is 306 g/mol. The van der Waals surface area contributed by atoms with Crippen molar-refractivity contribution in [1.29, 1.82) is 0 Å². The van der Waals surface area contributed by atoms with E-state index in [9.17, 15) is 4.79 Å². The van der Waals surface area contributed by atoms with E-state index in [0.717, 1.165) is 23.5 Å². The van der Waals surface area contributed by atoms with Gasteiger partial charge in [0, 0.05) is 30.5 Å². The Labute approximate surface area is 127 Å². The highest BCUT2D eigenvalue weighted by atomic mass is 32.2. The lowest BCUT2D eigenvalue weighted by Gasteiger charge is -2.02. The van der Waals surface area contributed by atoms with Crippen molar-refractivity contribution in [1.82, 2.24) is 10.5 Å². The standard InChI is InChI=1S/C15H18N2O3S/c18-8-4-9-21-10-7-16-15(19)13-11-14(20-17-13)12-5-2-1-3-6-12/h1-3,5-6,11,18H,4,7-10H2,(H,16,19). The Hall–Kier alpha value is -1.79. The van der Waals surface area contributed by atoms with Crippen LogP contribution in [0.25, 0.3) is 11.3 Å². The van der Waals surface area contributed by atoms with Crippen molar-refractivity contribution in [2.75, 3.05) is 24.7 Å². The van der Waals surface area contributed by atoms with Crippen LogP contribution in [0.2, 0.25) is 0 Å². The fraction of sp³-hybridized carbons (Fsp3) is 0.333. The van der Waals surface area contributed by atoms with Gasteiger partial charge in [0.05, 0.1) is 0 Å². The minimum Gasteiger partial charge on any atom is -0.396 e. The maximum absolute atomic E-state index is 11.9. The van der Waals surface area contributed by atoms with Gasteiger partial charge in [0.25, 0.3) is 5.91 Å². The SMILES string of the molecule is O=C(NCCSCCCO)c1cc(-c2ccccc2)on1. The maximum atomic E-state index is 11.9. The zero-order valence-corrected chi connectivity index (χ0v) is 12.4. The second-order valence-corrected chi connectivity index (χ2v) is 5.61. The number of thioether (sulfide) groups is 1. The third-order valence-corrected chi connectivity index (χ3v) is 3.85. The summed E-state index contributed by atoms with van der Waals surface area (Å²) in [5.74, 6) is 2.06. The van der Waals surface area contributed by atoms with Gasteiger partial charge in [0.15, 0.2) is 11.5 Å². The van der Waals surface area contributed by atoms with Crippen molar-refractivity contribution in [3.05, 3.63) is 42.1 Å². The van der Waals surface area contributed by atoms with Gasteiger partial charge in [-0.25, -0.2) is 0 Å². The van der Waals surface area contributed by atoms with E-state index in [-0.39, 0.29) is 18.2 Å². The molecule has 0 bridgehead atoms. The first-order chi connectivity index (χ1) is 10.3. The second kappa shape index (κ2) is 8.49. The Balaban J connectivity index is 1.80. The van der Waals surface area contributed by atoms with Crippen LogP contribution in [0.5, 0.6) is 0 Å². The minimum absolute atomic E-state index is 0.209.